The average Bonchev–Trinajstić information content (AvgIpc) is 2.73. The van der Waals surface area contributed by atoms with Crippen molar-refractivity contribution in [2.24, 2.45) is 0 Å². The van der Waals surface area contributed by atoms with E-state index in [1.165, 1.54) is 18.5 Å². The lowest BCUT2D eigenvalue weighted by Crippen LogP contribution is -1.87. The Kier molecular flexibility index (Phi) is 2.26. The number of rotatable bonds is 1. The van der Waals surface area contributed by atoms with Gasteiger partial charge in [0, 0.05) is 29.5 Å². The first-order chi connectivity index (χ1) is 8.24. The zero-order valence-corrected chi connectivity index (χ0v) is 9.24. The van der Waals surface area contributed by atoms with Gasteiger partial charge in [0.05, 0.1) is 11.2 Å². The number of nitrogens with zero attached hydrogens (tertiary/aromatic N) is 3. The molecular weight excluding hydrogens is 243 g/mol. The second kappa shape index (κ2) is 3.78. The van der Waals surface area contributed by atoms with Crippen LogP contribution in [0.1, 0.15) is 0 Å². The molecule has 0 saturated carbocycles. The molecule has 6 heteroatoms. The second-order valence-electron chi connectivity index (χ2n) is 3.48. The Bertz CT molecular complexity index is 678. The molecule has 0 aliphatic heterocycles. The number of nitrogens with one attached hydrogen (secondary N) is 1. The fourth-order valence-corrected chi connectivity index (χ4v) is 1.71. The van der Waals surface area contributed by atoms with Crippen LogP contribution in [0.3, 0.4) is 0 Å². The Morgan fingerprint density at radius 1 is 1.12 bits per heavy atom. The number of fused-ring (bicyclic) bond motifs is 1. The van der Waals surface area contributed by atoms with Gasteiger partial charge in [-0.1, -0.05) is 11.6 Å². The molecule has 0 unspecified atom stereocenters. The minimum atomic E-state index is -0.396. The lowest BCUT2D eigenvalue weighted by Gasteiger charge is -1.97. The van der Waals surface area contributed by atoms with E-state index in [2.05, 4.69) is 19.9 Å². The van der Waals surface area contributed by atoms with Crippen LogP contribution in [0, 0.1) is 5.82 Å². The molecule has 0 atom stereocenters. The highest BCUT2D eigenvalue weighted by atomic mass is 35.5. The average molecular weight is 249 g/mol. The molecule has 0 aliphatic carbocycles. The standard InChI is InChI=1S/C11H6ClFN4/c12-6-2-14-11(15-3-6)9-5-17-10-8(9)1-7(13)4-16-10/h1-5H,(H,16,17). The molecule has 0 saturated heterocycles. The SMILES string of the molecule is Fc1cnc2[nH]cc(-c3ncc(Cl)cn3)c2c1. The third-order valence-corrected chi connectivity index (χ3v) is 2.55. The number of aromatic amines is 1. The quantitative estimate of drug-likeness (QED) is 0.720. The summed E-state index contributed by atoms with van der Waals surface area (Å²) in [6.07, 6.45) is 5.84. The van der Waals surface area contributed by atoms with Gasteiger partial charge in [-0.15, -0.1) is 0 Å². The number of hydrogen-bond donors (Lipinski definition) is 1. The van der Waals surface area contributed by atoms with Crippen molar-refractivity contribution >= 4 is 22.6 Å². The summed E-state index contributed by atoms with van der Waals surface area (Å²) in [5.74, 6) is 0.0837. The molecule has 3 aromatic rings. The molecule has 3 rings (SSSR count). The summed E-state index contributed by atoms with van der Waals surface area (Å²) in [7, 11) is 0. The van der Waals surface area contributed by atoms with E-state index in [1.54, 1.807) is 6.20 Å². The second-order valence-corrected chi connectivity index (χ2v) is 3.91. The highest BCUT2D eigenvalue weighted by Gasteiger charge is 2.10. The van der Waals surface area contributed by atoms with E-state index in [1.807, 2.05) is 0 Å². The summed E-state index contributed by atoms with van der Waals surface area (Å²) < 4.78 is 13.1. The molecule has 0 aliphatic rings. The van der Waals surface area contributed by atoms with E-state index in [0.29, 0.717) is 27.4 Å². The van der Waals surface area contributed by atoms with Crippen molar-refractivity contribution in [3.05, 3.63) is 41.7 Å². The molecule has 0 spiro atoms. The van der Waals surface area contributed by atoms with Crippen molar-refractivity contribution < 1.29 is 4.39 Å². The Balaban J connectivity index is 2.23. The molecule has 17 heavy (non-hydrogen) atoms. The molecule has 84 valence electrons. The van der Waals surface area contributed by atoms with Gasteiger partial charge in [0.2, 0.25) is 0 Å². The molecule has 0 fully saturated rings. The van der Waals surface area contributed by atoms with E-state index in [9.17, 15) is 4.39 Å². The van der Waals surface area contributed by atoms with Crippen molar-refractivity contribution in [1.82, 2.24) is 19.9 Å². The maximum Gasteiger partial charge on any atom is 0.161 e. The minimum absolute atomic E-state index is 0.396. The van der Waals surface area contributed by atoms with Gasteiger partial charge in [0.15, 0.2) is 5.82 Å². The fraction of sp³-hybridized carbons (Fsp3) is 0. The molecule has 3 aromatic heterocycles. The minimum Gasteiger partial charge on any atom is -0.345 e. The molecule has 0 radical (unpaired) electrons. The number of aromatic nitrogens is 4. The van der Waals surface area contributed by atoms with E-state index >= 15 is 0 Å². The van der Waals surface area contributed by atoms with Gasteiger partial charge >= 0.3 is 0 Å². The largest absolute Gasteiger partial charge is 0.345 e. The van der Waals surface area contributed by atoms with Crippen LogP contribution in [0.15, 0.2) is 30.9 Å². The summed E-state index contributed by atoms with van der Waals surface area (Å²) in [6, 6.07) is 1.39. The van der Waals surface area contributed by atoms with E-state index in [4.69, 9.17) is 11.6 Å². The van der Waals surface area contributed by atoms with Crippen molar-refractivity contribution in [2.45, 2.75) is 0 Å². The number of halogens is 2. The number of pyridine rings is 1. The summed E-state index contributed by atoms with van der Waals surface area (Å²) in [4.78, 5) is 15.0. The lowest BCUT2D eigenvalue weighted by atomic mass is 10.2. The summed E-state index contributed by atoms with van der Waals surface area (Å²) in [5.41, 5.74) is 1.30. The maximum atomic E-state index is 13.1. The van der Waals surface area contributed by atoms with Crippen molar-refractivity contribution in [3.8, 4) is 11.4 Å². The van der Waals surface area contributed by atoms with Gasteiger partial charge in [-0.3, -0.25) is 0 Å². The predicted molar refractivity (Wildman–Crippen MR) is 62.1 cm³/mol. The molecule has 0 bridgehead atoms. The number of H-pyrrole nitrogens is 1. The van der Waals surface area contributed by atoms with Gasteiger partial charge in [-0.05, 0) is 6.07 Å². The van der Waals surface area contributed by atoms with Crippen LogP contribution in [0.2, 0.25) is 5.02 Å². The maximum absolute atomic E-state index is 13.1. The molecule has 3 heterocycles. The van der Waals surface area contributed by atoms with Crippen LogP contribution >= 0.6 is 11.6 Å². The van der Waals surface area contributed by atoms with Crippen molar-refractivity contribution in [1.29, 1.82) is 0 Å². The number of hydrogen-bond acceptors (Lipinski definition) is 3. The Morgan fingerprint density at radius 3 is 2.65 bits per heavy atom. The van der Waals surface area contributed by atoms with E-state index in [0.717, 1.165) is 6.20 Å². The Hall–Kier alpha value is -2.01. The summed E-state index contributed by atoms with van der Waals surface area (Å²) in [6.45, 7) is 0. The Labute approximate surface area is 101 Å². The summed E-state index contributed by atoms with van der Waals surface area (Å²) >= 11 is 5.71. The van der Waals surface area contributed by atoms with Gasteiger partial charge in [-0.25, -0.2) is 19.3 Å². The van der Waals surface area contributed by atoms with Gasteiger partial charge < -0.3 is 4.98 Å². The van der Waals surface area contributed by atoms with Crippen LogP contribution in [0.5, 0.6) is 0 Å². The third-order valence-electron chi connectivity index (χ3n) is 2.36. The highest BCUT2D eigenvalue weighted by molar-refractivity contribution is 6.30. The highest BCUT2D eigenvalue weighted by Crippen LogP contribution is 2.25. The zero-order valence-electron chi connectivity index (χ0n) is 8.48. The van der Waals surface area contributed by atoms with Crippen LogP contribution in [-0.4, -0.2) is 19.9 Å². The first-order valence-corrected chi connectivity index (χ1v) is 5.22. The monoisotopic (exact) mass is 248 g/mol. The smallest absolute Gasteiger partial charge is 0.161 e. The normalized spacial score (nSPS) is 10.9. The van der Waals surface area contributed by atoms with Crippen LogP contribution in [0.25, 0.3) is 22.4 Å². The molecule has 4 nitrogen and oxygen atoms in total. The lowest BCUT2D eigenvalue weighted by molar-refractivity contribution is 0.624. The molecule has 1 N–H and O–H groups in total. The fourth-order valence-electron chi connectivity index (χ4n) is 1.61. The summed E-state index contributed by atoms with van der Waals surface area (Å²) in [5, 5.41) is 1.10. The molecular formula is C11H6ClFN4. The first kappa shape index (κ1) is 10.2. The third kappa shape index (κ3) is 1.74. The molecule has 0 aromatic carbocycles. The van der Waals surface area contributed by atoms with Crippen molar-refractivity contribution in [2.75, 3.05) is 0 Å². The predicted octanol–water partition coefficient (Wildman–Crippen LogP) is 2.81. The van der Waals surface area contributed by atoms with Gasteiger partial charge in [-0.2, -0.15) is 0 Å². The van der Waals surface area contributed by atoms with Crippen LogP contribution in [0.4, 0.5) is 4.39 Å². The topological polar surface area (TPSA) is 54.5 Å². The van der Waals surface area contributed by atoms with Gasteiger partial charge in [0.1, 0.15) is 11.5 Å². The van der Waals surface area contributed by atoms with Crippen molar-refractivity contribution in [3.63, 3.8) is 0 Å². The van der Waals surface area contributed by atoms with Crippen LogP contribution < -0.4 is 0 Å². The first-order valence-electron chi connectivity index (χ1n) is 4.84. The zero-order chi connectivity index (χ0) is 11.8. The Morgan fingerprint density at radius 2 is 1.88 bits per heavy atom. The van der Waals surface area contributed by atoms with Crippen LogP contribution in [-0.2, 0) is 0 Å². The molecule has 0 amide bonds. The van der Waals surface area contributed by atoms with E-state index < -0.39 is 5.82 Å². The van der Waals surface area contributed by atoms with E-state index in [-0.39, 0.29) is 0 Å². The van der Waals surface area contributed by atoms with Gasteiger partial charge in [0.25, 0.3) is 0 Å².